The molecule has 0 amide bonds. The molecule has 10 rings (SSSR count). The van der Waals surface area contributed by atoms with Gasteiger partial charge in [0.1, 0.15) is 11.5 Å². The van der Waals surface area contributed by atoms with Crippen molar-refractivity contribution in [2.24, 2.45) is 0 Å². The zero-order valence-corrected chi connectivity index (χ0v) is 25.2. The number of aromatic nitrogens is 1. The summed E-state index contributed by atoms with van der Waals surface area (Å²) in [5.74, 6) is 1.62. The van der Waals surface area contributed by atoms with Gasteiger partial charge in [-0.1, -0.05) is 78.9 Å². The Morgan fingerprint density at radius 2 is 1.09 bits per heavy atom. The quantitative estimate of drug-likeness (QED) is 0.191. The largest absolute Gasteiger partial charge is 0.456 e. The van der Waals surface area contributed by atoms with Crippen LogP contribution in [0.4, 0.5) is 0 Å². The van der Waals surface area contributed by atoms with Gasteiger partial charge in [-0.15, -0.1) is 0 Å². The van der Waals surface area contributed by atoms with E-state index in [1.807, 2.05) is 42.7 Å². The minimum absolute atomic E-state index is 0.659. The molecule has 0 aliphatic carbocycles. The second-order valence-corrected chi connectivity index (χ2v) is 12.3. The Bertz CT molecular complexity index is 2690. The molecule has 0 unspecified atom stereocenters. The summed E-state index contributed by atoms with van der Waals surface area (Å²) >= 11 is 0. The molecular weight excluding hydrogens is 572 g/mol. The fraction of sp³-hybridized carbons (Fsp3) is 0. The normalized spacial score (nSPS) is 12.0. The van der Waals surface area contributed by atoms with Crippen LogP contribution in [0, 0.1) is 11.3 Å². The van der Waals surface area contributed by atoms with Crippen LogP contribution in [0.3, 0.4) is 0 Å². The van der Waals surface area contributed by atoms with Gasteiger partial charge in [0.2, 0.25) is 0 Å². The molecule has 2 heterocycles. The van der Waals surface area contributed by atoms with Crippen molar-refractivity contribution in [2.45, 2.75) is 0 Å². The van der Waals surface area contributed by atoms with Crippen molar-refractivity contribution >= 4 is 43.1 Å². The average Bonchev–Trinajstić information content (AvgIpc) is 3.14. The second-order valence-electron chi connectivity index (χ2n) is 12.3. The van der Waals surface area contributed by atoms with E-state index in [2.05, 4.69) is 114 Å². The molecule has 0 fully saturated rings. The lowest BCUT2D eigenvalue weighted by Crippen LogP contribution is -1.98. The fourth-order valence-corrected chi connectivity index (χ4v) is 7.47. The van der Waals surface area contributed by atoms with Gasteiger partial charge in [0.05, 0.1) is 11.6 Å². The first-order valence-electron chi connectivity index (χ1n) is 15.7. The van der Waals surface area contributed by atoms with E-state index in [0.29, 0.717) is 5.56 Å². The molecule has 1 aromatic heterocycles. The highest BCUT2D eigenvalue weighted by molar-refractivity contribution is 6.24. The van der Waals surface area contributed by atoms with Crippen molar-refractivity contribution in [1.29, 1.82) is 5.26 Å². The second kappa shape index (κ2) is 9.75. The van der Waals surface area contributed by atoms with E-state index in [4.69, 9.17) is 4.74 Å². The van der Waals surface area contributed by atoms with Crippen molar-refractivity contribution in [1.82, 2.24) is 4.98 Å². The molecule has 0 bridgehead atoms. The maximum absolute atomic E-state index is 9.68. The summed E-state index contributed by atoms with van der Waals surface area (Å²) < 4.78 is 6.31. The summed E-state index contributed by atoms with van der Waals surface area (Å²) in [4.78, 5) is 4.32. The third kappa shape index (κ3) is 3.89. The molecule has 9 aromatic rings. The minimum atomic E-state index is 0.659. The van der Waals surface area contributed by atoms with E-state index in [1.54, 1.807) is 0 Å². The van der Waals surface area contributed by atoms with Gasteiger partial charge in [0, 0.05) is 34.3 Å². The van der Waals surface area contributed by atoms with Crippen molar-refractivity contribution in [3.8, 4) is 62.1 Å². The first-order chi connectivity index (χ1) is 23.2. The summed E-state index contributed by atoms with van der Waals surface area (Å²) in [7, 11) is 0. The Hall–Kier alpha value is -6.50. The van der Waals surface area contributed by atoms with Gasteiger partial charge < -0.3 is 4.74 Å². The number of nitrogens with zero attached hydrogens (tertiary/aromatic N) is 2. The van der Waals surface area contributed by atoms with Crippen LogP contribution >= 0.6 is 0 Å². The molecule has 8 aromatic carbocycles. The number of hydrogen-bond acceptors (Lipinski definition) is 3. The lowest BCUT2D eigenvalue weighted by Gasteiger charge is -2.22. The summed E-state index contributed by atoms with van der Waals surface area (Å²) in [5, 5.41) is 19.2. The Balaban J connectivity index is 1.03. The van der Waals surface area contributed by atoms with Crippen LogP contribution in [0.15, 0.2) is 146 Å². The van der Waals surface area contributed by atoms with Gasteiger partial charge in [-0.05, 0) is 120 Å². The molecule has 1 aliphatic heterocycles. The SMILES string of the molecule is N#Cc1ccc2c3c(cccc13)-c1cc(-c3ccc(-c4cc5ccc6cc(-c7cccnc7)cc7ccc(c4)c5c67)cc3)ccc1O2. The highest BCUT2D eigenvalue weighted by Crippen LogP contribution is 2.48. The van der Waals surface area contributed by atoms with Crippen molar-refractivity contribution in [3.05, 3.63) is 151 Å². The van der Waals surface area contributed by atoms with Gasteiger partial charge in [0.15, 0.2) is 0 Å². The maximum Gasteiger partial charge on any atom is 0.136 e. The van der Waals surface area contributed by atoms with E-state index in [1.165, 1.54) is 49.0 Å². The number of fused-ring (bicyclic) bond motifs is 2. The van der Waals surface area contributed by atoms with Gasteiger partial charge in [-0.3, -0.25) is 4.98 Å². The van der Waals surface area contributed by atoms with E-state index < -0.39 is 0 Å². The summed E-state index contributed by atoms with van der Waals surface area (Å²) in [5.41, 5.74) is 9.76. The van der Waals surface area contributed by atoms with E-state index in [0.717, 1.165) is 50.1 Å². The molecule has 1 aliphatic rings. The van der Waals surface area contributed by atoms with Crippen molar-refractivity contribution < 1.29 is 4.74 Å². The predicted octanol–water partition coefficient (Wildman–Crippen LogP) is 11.8. The summed E-state index contributed by atoms with van der Waals surface area (Å²) in [6.45, 7) is 0. The smallest absolute Gasteiger partial charge is 0.136 e. The zero-order chi connectivity index (χ0) is 31.1. The molecule has 3 heteroatoms. The molecule has 0 atom stereocenters. The Labute approximate surface area is 270 Å². The lowest BCUT2D eigenvalue weighted by molar-refractivity contribution is 0.487. The molecule has 0 N–H and O–H groups in total. The Kier molecular flexibility index (Phi) is 5.35. The van der Waals surface area contributed by atoms with Crippen molar-refractivity contribution in [2.75, 3.05) is 0 Å². The molecular formula is C44H24N2O. The molecule has 0 radical (unpaired) electrons. The Morgan fingerprint density at radius 3 is 1.72 bits per heavy atom. The van der Waals surface area contributed by atoms with Crippen LogP contribution in [-0.2, 0) is 0 Å². The number of pyridine rings is 1. The standard InChI is InChI=1S/C44H24N2O/c45-24-33-15-17-41-44-37(33)4-1-5-38(44)39-23-28(14-16-40(39)47-41)26-6-8-27(9-7-26)35-19-29-10-12-31-21-36(34-3-2-18-46-25-34)22-32-13-11-30(20-35)42(29)43(31)32/h1-23,25H. The number of nitriles is 1. The van der Waals surface area contributed by atoms with Gasteiger partial charge in [-0.25, -0.2) is 0 Å². The van der Waals surface area contributed by atoms with E-state index >= 15 is 0 Å². The van der Waals surface area contributed by atoms with Crippen molar-refractivity contribution in [3.63, 3.8) is 0 Å². The third-order valence-electron chi connectivity index (χ3n) is 9.69. The fourth-order valence-electron chi connectivity index (χ4n) is 7.47. The van der Waals surface area contributed by atoms with Crippen LogP contribution in [0.2, 0.25) is 0 Å². The number of benzene rings is 8. The predicted molar refractivity (Wildman–Crippen MR) is 192 cm³/mol. The van der Waals surface area contributed by atoms with E-state index in [-0.39, 0.29) is 0 Å². The van der Waals surface area contributed by atoms with Crippen LogP contribution < -0.4 is 4.74 Å². The first kappa shape index (κ1) is 25.8. The molecule has 0 saturated carbocycles. The van der Waals surface area contributed by atoms with Crippen LogP contribution in [0.5, 0.6) is 11.5 Å². The topological polar surface area (TPSA) is 45.9 Å². The first-order valence-corrected chi connectivity index (χ1v) is 15.7. The van der Waals surface area contributed by atoms with Crippen LogP contribution in [0.1, 0.15) is 5.56 Å². The van der Waals surface area contributed by atoms with Gasteiger partial charge in [0.25, 0.3) is 0 Å². The van der Waals surface area contributed by atoms with Crippen LogP contribution in [-0.4, -0.2) is 4.98 Å². The summed E-state index contributed by atoms with van der Waals surface area (Å²) in [6, 6.07) is 49.7. The van der Waals surface area contributed by atoms with Gasteiger partial charge >= 0.3 is 0 Å². The molecule has 0 spiro atoms. The Morgan fingerprint density at radius 1 is 0.468 bits per heavy atom. The molecule has 216 valence electrons. The minimum Gasteiger partial charge on any atom is -0.456 e. The molecule has 3 nitrogen and oxygen atoms in total. The zero-order valence-electron chi connectivity index (χ0n) is 25.2. The lowest BCUT2D eigenvalue weighted by atomic mass is 9.89. The number of rotatable bonds is 3. The number of hydrogen-bond donors (Lipinski definition) is 0. The van der Waals surface area contributed by atoms with Gasteiger partial charge in [-0.2, -0.15) is 5.26 Å². The van der Waals surface area contributed by atoms with E-state index in [9.17, 15) is 5.26 Å². The summed E-state index contributed by atoms with van der Waals surface area (Å²) in [6.07, 6.45) is 3.74. The molecule has 0 saturated heterocycles. The number of ether oxygens (including phenoxy) is 1. The maximum atomic E-state index is 9.68. The average molecular weight is 597 g/mol. The van der Waals surface area contributed by atoms with Crippen LogP contribution in [0.25, 0.3) is 87.6 Å². The third-order valence-corrected chi connectivity index (χ3v) is 9.69. The molecule has 47 heavy (non-hydrogen) atoms. The highest BCUT2D eigenvalue weighted by Gasteiger charge is 2.22. The highest BCUT2D eigenvalue weighted by atomic mass is 16.5. The monoisotopic (exact) mass is 596 g/mol.